The van der Waals surface area contributed by atoms with Gasteiger partial charge in [-0.1, -0.05) is 37.3 Å². The highest BCUT2D eigenvalue weighted by molar-refractivity contribution is 5.66. The lowest BCUT2D eigenvalue weighted by molar-refractivity contribution is 0.415. The second kappa shape index (κ2) is 7.45. The fraction of sp³-hybridized carbons (Fsp3) is 0.190. The Kier molecular flexibility index (Phi) is 4.70. The van der Waals surface area contributed by atoms with Gasteiger partial charge in [0.2, 0.25) is 0 Å². The van der Waals surface area contributed by atoms with Gasteiger partial charge in [-0.3, -0.25) is 0 Å². The van der Waals surface area contributed by atoms with Crippen LogP contribution < -0.4 is 10.1 Å². The lowest BCUT2D eigenvalue weighted by atomic mass is 10.0. The van der Waals surface area contributed by atoms with Crippen LogP contribution in [0, 0.1) is 0 Å². The molecule has 0 saturated heterocycles. The molecule has 0 fully saturated rings. The van der Waals surface area contributed by atoms with Crippen LogP contribution in [0.25, 0.3) is 17.0 Å². The molecule has 2 heterocycles. The Balaban J connectivity index is 1.74. The SMILES string of the molecule is CC[C@H](Nc1cc(-c2ccc(OC)cc2)nc2ncnn12)c1ccccc1. The zero-order valence-corrected chi connectivity index (χ0v) is 15.3. The van der Waals surface area contributed by atoms with E-state index in [2.05, 4.69) is 51.6 Å². The van der Waals surface area contributed by atoms with Crippen LogP contribution in [0.15, 0.2) is 67.0 Å². The van der Waals surface area contributed by atoms with Crippen molar-refractivity contribution in [1.82, 2.24) is 19.6 Å². The number of aromatic nitrogens is 4. The Labute approximate surface area is 157 Å². The Morgan fingerprint density at radius 1 is 1.07 bits per heavy atom. The molecular formula is C21H21N5O. The second-order valence-electron chi connectivity index (χ2n) is 6.24. The number of nitrogens with zero attached hydrogens (tertiary/aromatic N) is 4. The molecule has 2 aromatic carbocycles. The topological polar surface area (TPSA) is 64.3 Å². The summed E-state index contributed by atoms with van der Waals surface area (Å²) in [4.78, 5) is 8.92. The summed E-state index contributed by atoms with van der Waals surface area (Å²) in [6.45, 7) is 2.16. The maximum atomic E-state index is 5.24. The summed E-state index contributed by atoms with van der Waals surface area (Å²) >= 11 is 0. The maximum absolute atomic E-state index is 5.24. The van der Waals surface area contributed by atoms with Gasteiger partial charge in [-0.05, 0) is 36.2 Å². The number of methoxy groups -OCH3 is 1. The number of hydrogen-bond donors (Lipinski definition) is 1. The van der Waals surface area contributed by atoms with E-state index in [1.807, 2.05) is 36.4 Å². The van der Waals surface area contributed by atoms with Gasteiger partial charge >= 0.3 is 0 Å². The van der Waals surface area contributed by atoms with Gasteiger partial charge in [0.1, 0.15) is 17.9 Å². The van der Waals surface area contributed by atoms with Gasteiger partial charge in [0, 0.05) is 11.6 Å². The number of hydrogen-bond acceptors (Lipinski definition) is 5. The first-order chi connectivity index (χ1) is 13.3. The minimum Gasteiger partial charge on any atom is -0.497 e. The normalized spacial score (nSPS) is 12.1. The minimum atomic E-state index is 0.171. The molecule has 1 atom stereocenters. The number of ether oxygens (including phenoxy) is 1. The van der Waals surface area contributed by atoms with Crippen LogP contribution in [0.4, 0.5) is 5.82 Å². The van der Waals surface area contributed by atoms with Crippen molar-refractivity contribution in [2.75, 3.05) is 12.4 Å². The van der Waals surface area contributed by atoms with Crippen molar-refractivity contribution in [3.8, 4) is 17.0 Å². The lowest BCUT2D eigenvalue weighted by Crippen LogP contribution is -2.13. The monoisotopic (exact) mass is 359 g/mol. The minimum absolute atomic E-state index is 0.171. The number of fused-ring (bicyclic) bond motifs is 1. The molecule has 0 radical (unpaired) electrons. The van der Waals surface area contributed by atoms with Gasteiger partial charge < -0.3 is 10.1 Å². The van der Waals surface area contributed by atoms with Gasteiger partial charge in [0.15, 0.2) is 0 Å². The molecule has 0 spiro atoms. The highest BCUT2D eigenvalue weighted by Crippen LogP contribution is 2.27. The van der Waals surface area contributed by atoms with Crippen molar-refractivity contribution in [3.05, 3.63) is 72.6 Å². The molecule has 4 rings (SSSR count). The molecular weight excluding hydrogens is 338 g/mol. The van der Waals surface area contributed by atoms with E-state index in [4.69, 9.17) is 4.74 Å². The van der Waals surface area contributed by atoms with Crippen LogP contribution in [-0.4, -0.2) is 26.7 Å². The average Bonchev–Trinajstić information content (AvgIpc) is 3.21. The quantitative estimate of drug-likeness (QED) is 0.554. The van der Waals surface area contributed by atoms with Crippen LogP contribution in [0.5, 0.6) is 5.75 Å². The van der Waals surface area contributed by atoms with E-state index < -0.39 is 0 Å². The summed E-state index contributed by atoms with van der Waals surface area (Å²) < 4.78 is 6.98. The third kappa shape index (κ3) is 3.46. The van der Waals surface area contributed by atoms with Gasteiger partial charge in [0.25, 0.3) is 5.78 Å². The summed E-state index contributed by atoms with van der Waals surface area (Å²) in [6, 6.07) is 20.4. The van der Waals surface area contributed by atoms with Crippen LogP contribution in [0.1, 0.15) is 24.9 Å². The molecule has 136 valence electrons. The summed E-state index contributed by atoms with van der Waals surface area (Å²) in [5, 5.41) is 7.92. The molecule has 27 heavy (non-hydrogen) atoms. The first-order valence-electron chi connectivity index (χ1n) is 8.95. The zero-order chi connectivity index (χ0) is 18.6. The van der Waals surface area contributed by atoms with E-state index in [1.165, 1.54) is 11.9 Å². The van der Waals surface area contributed by atoms with E-state index in [0.29, 0.717) is 5.78 Å². The Morgan fingerprint density at radius 2 is 1.85 bits per heavy atom. The Hall–Kier alpha value is -3.41. The predicted octanol–water partition coefficient (Wildman–Crippen LogP) is 4.36. The largest absolute Gasteiger partial charge is 0.497 e. The van der Waals surface area contributed by atoms with E-state index in [0.717, 1.165) is 29.2 Å². The standard InChI is InChI=1S/C21H21N5O/c1-3-18(15-7-5-4-6-8-15)24-20-13-19(25-21-22-14-23-26(20)21)16-9-11-17(27-2)12-10-16/h4-14,18,24H,3H2,1-2H3/t18-/m0/s1. The third-order valence-corrected chi connectivity index (χ3v) is 4.57. The second-order valence-corrected chi connectivity index (χ2v) is 6.24. The predicted molar refractivity (Wildman–Crippen MR) is 106 cm³/mol. The van der Waals surface area contributed by atoms with Crippen molar-refractivity contribution in [2.24, 2.45) is 0 Å². The van der Waals surface area contributed by atoms with E-state index in [9.17, 15) is 0 Å². The molecule has 6 nitrogen and oxygen atoms in total. The van der Waals surface area contributed by atoms with Crippen molar-refractivity contribution in [1.29, 1.82) is 0 Å². The summed E-state index contributed by atoms with van der Waals surface area (Å²) in [7, 11) is 1.66. The van der Waals surface area contributed by atoms with Gasteiger partial charge in [-0.25, -0.2) is 4.98 Å². The van der Waals surface area contributed by atoms with Crippen molar-refractivity contribution in [3.63, 3.8) is 0 Å². The highest BCUT2D eigenvalue weighted by Gasteiger charge is 2.14. The molecule has 0 aliphatic carbocycles. The average molecular weight is 359 g/mol. The fourth-order valence-electron chi connectivity index (χ4n) is 3.11. The lowest BCUT2D eigenvalue weighted by Gasteiger charge is -2.19. The van der Waals surface area contributed by atoms with Crippen LogP contribution >= 0.6 is 0 Å². The number of benzene rings is 2. The smallest absolute Gasteiger partial charge is 0.254 e. The fourth-order valence-corrected chi connectivity index (χ4v) is 3.11. The third-order valence-electron chi connectivity index (χ3n) is 4.57. The first-order valence-corrected chi connectivity index (χ1v) is 8.95. The van der Waals surface area contributed by atoms with Crippen molar-refractivity contribution in [2.45, 2.75) is 19.4 Å². The number of anilines is 1. The molecule has 0 aliphatic rings. The maximum Gasteiger partial charge on any atom is 0.254 e. The summed E-state index contributed by atoms with van der Waals surface area (Å²) in [6.07, 6.45) is 2.47. The molecule has 0 amide bonds. The van der Waals surface area contributed by atoms with Crippen LogP contribution in [0.2, 0.25) is 0 Å². The van der Waals surface area contributed by atoms with Gasteiger partial charge in [-0.15, -0.1) is 0 Å². The molecule has 0 bridgehead atoms. The number of nitrogens with one attached hydrogen (secondary N) is 1. The Bertz CT molecular complexity index is 1030. The van der Waals surface area contributed by atoms with Crippen molar-refractivity contribution >= 4 is 11.6 Å². The van der Waals surface area contributed by atoms with Gasteiger partial charge in [0.05, 0.1) is 18.8 Å². The molecule has 4 aromatic rings. The molecule has 0 aliphatic heterocycles. The highest BCUT2D eigenvalue weighted by atomic mass is 16.5. The van der Waals surface area contributed by atoms with Gasteiger partial charge in [-0.2, -0.15) is 14.6 Å². The van der Waals surface area contributed by atoms with E-state index in [-0.39, 0.29) is 6.04 Å². The molecule has 1 N–H and O–H groups in total. The first kappa shape index (κ1) is 17.0. The molecule has 6 heteroatoms. The van der Waals surface area contributed by atoms with Crippen LogP contribution in [-0.2, 0) is 0 Å². The van der Waals surface area contributed by atoms with Crippen LogP contribution in [0.3, 0.4) is 0 Å². The van der Waals surface area contributed by atoms with Crippen molar-refractivity contribution < 1.29 is 4.74 Å². The van der Waals surface area contributed by atoms with E-state index >= 15 is 0 Å². The summed E-state index contributed by atoms with van der Waals surface area (Å²) in [5.74, 6) is 2.24. The number of rotatable bonds is 6. The van der Waals surface area contributed by atoms with E-state index in [1.54, 1.807) is 11.6 Å². The Morgan fingerprint density at radius 3 is 2.56 bits per heavy atom. The molecule has 2 aromatic heterocycles. The molecule has 0 unspecified atom stereocenters. The zero-order valence-electron chi connectivity index (χ0n) is 15.3. The summed E-state index contributed by atoms with van der Waals surface area (Å²) in [5.41, 5.74) is 3.07. The molecule has 0 saturated carbocycles.